The minimum absolute atomic E-state index is 0.0272. The number of hydrogen-bond acceptors (Lipinski definition) is 17. The van der Waals surface area contributed by atoms with Gasteiger partial charge >= 0.3 is 0 Å². The lowest BCUT2D eigenvalue weighted by Gasteiger charge is -2.35. The Morgan fingerprint density at radius 2 is 1.56 bits per heavy atom. The third-order valence-electron chi connectivity index (χ3n) is 7.25. The van der Waals surface area contributed by atoms with Crippen LogP contribution in [0, 0.1) is 0 Å². The van der Waals surface area contributed by atoms with Crippen molar-refractivity contribution in [1.29, 1.82) is 0 Å². The molecule has 238 valence electrons. The molecular weight excluding hydrogens is 667 g/mol. The molecule has 4 aromatic heterocycles. The predicted octanol–water partition coefficient (Wildman–Crippen LogP) is -0.726. The molecule has 10 atom stereocenters. The Morgan fingerprint density at radius 3 is 2.24 bits per heavy atom. The SMILES string of the molecule is [B]P1(=O)OC[C@H]2O[C@@H](n3cnc4c(N)ncnc43)[C@@H](F)C2OP([O-])(=S)OC[C@H]2O[C@@H](n3cnc4c(=O)[nH]c(N)nc43)[C@@H](F)C2O1. The zero-order valence-electron chi connectivity index (χ0n) is 22.4. The number of nitrogen functional groups attached to an aromatic ring is 2. The molecule has 25 heteroatoms. The Kier molecular flexibility index (Phi) is 7.55. The van der Waals surface area contributed by atoms with Gasteiger partial charge in [-0.15, -0.1) is 0 Å². The summed E-state index contributed by atoms with van der Waals surface area (Å²) >= 11 is 5.01. The number of alkyl halides is 2. The van der Waals surface area contributed by atoms with Crippen LogP contribution in [0.4, 0.5) is 20.5 Å². The first-order valence-corrected chi connectivity index (χ1v) is 17.1. The van der Waals surface area contributed by atoms with E-state index in [-0.39, 0.29) is 34.1 Å². The quantitative estimate of drug-likeness (QED) is 0.173. The van der Waals surface area contributed by atoms with Gasteiger partial charge in [-0.05, 0) is 0 Å². The number of fused-ring (bicyclic) bond motifs is 4. The van der Waals surface area contributed by atoms with E-state index in [0.717, 1.165) is 17.2 Å². The number of imidazole rings is 2. The fraction of sp³-hybridized carbons (Fsp3) is 0.500. The molecule has 19 nitrogen and oxygen atoms in total. The van der Waals surface area contributed by atoms with E-state index in [9.17, 15) is 14.3 Å². The molecule has 7 rings (SSSR count). The summed E-state index contributed by atoms with van der Waals surface area (Å²) in [6, 6.07) is 0. The van der Waals surface area contributed by atoms with Crippen molar-refractivity contribution in [3.63, 3.8) is 0 Å². The van der Waals surface area contributed by atoms with Crippen LogP contribution in [0.15, 0.2) is 23.8 Å². The van der Waals surface area contributed by atoms with Gasteiger partial charge < -0.3 is 43.9 Å². The molecule has 0 saturated carbocycles. The Morgan fingerprint density at radius 1 is 0.956 bits per heavy atom. The number of halogens is 2. The Labute approximate surface area is 255 Å². The highest BCUT2D eigenvalue weighted by atomic mass is 32.5. The number of nitrogens with one attached hydrogen (secondary N) is 1. The van der Waals surface area contributed by atoms with Gasteiger partial charge in [0.25, 0.3) is 13.0 Å². The summed E-state index contributed by atoms with van der Waals surface area (Å²) in [5.74, 6) is -0.253. The molecule has 0 bridgehead atoms. The first kappa shape index (κ1) is 30.7. The van der Waals surface area contributed by atoms with Crippen molar-refractivity contribution in [2.75, 3.05) is 24.7 Å². The van der Waals surface area contributed by atoms with Crippen molar-refractivity contribution in [2.45, 2.75) is 49.2 Å². The van der Waals surface area contributed by atoms with Crippen molar-refractivity contribution in [1.82, 2.24) is 39.0 Å². The number of aromatic nitrogens is 8. The van der Waals surface area contributed by atoms with E-state index in [4.69, 9.17) is 58.4 Å². The van der Waals surface area contributed by atoms with Crippen LogP contribution in [0.2, 0.25) is 0 Å². The summed E-state index contributed by atoms with van der Waals surface area (Å²) < 4.78 is 80.3. The van der Waals surface area contributed by atoms with Gasteiger partial charge in [-0.2, -0.15) is 4.98 Å². The normalized spacial score (nSPS) is 37.7. The molecule has 3 aliphatic heterocycles. The minimum Gasteiger partial charge on any atom is -0.780 e. The van der Waals surface area contributed by atoms with Crippen LogP contribution in [0.1, 0.15) is 12.5 Å². The molecule has 45 heavy (non-hydrogen) atoms. The maximum Gasteiger partial charge on any atom is 0.280 e. The van der Waals surface area contributed by atoms with E-state index in [1.807, 2.05) is 0 Å². The predicted molar refractivity (Wildman–Crippen MR) is 149 cm³/mol. The molecule has 3 aliphatic rings. The van der Waals surface area contributed by atoms with Gasteiger partial charge in [0.2, 0.25) is 13.5 Å². The standard InChI is InChI=1S/C20H21BF2N10O9P2S/c21-43(35)37-1-6-13(9(23)18(39-6)32-4-28-10-14(24)26-3-27-15(10)32)42-44(36,45)38-2-7-12(41-43)8(22)19(40-7)33-5-29-11-16(33)30-20(25)31-17(11)34/h3-9,12-13,18-19H,1-2H2,(H,36,45)(H2,24,26,27)(H3,25,30,31,34)/p-1/t6-,7-,8+,9+,12?,13?,18-,19-,43?,44?/m1/s1. The Hall–Kier alpha value is -2.98. The van der Waals surface area contributed by atoms with Gasteiger partial charge in [0.05, 0.1) is 25.9 Å². The van der Waals surface area contributed by atoms with E-state index in [0.29, 0.717) is 0 Å². The zero-order valence-corrected chi connectivity index (χ0v) is 25.0. The lowest BCUT2D eigenvalue weighted by atomic mass is 10.1. The number of ether oxygens (including phenoxy) is 2. The van der Waals surface area contributed by atoms with Crippen molar-refractivity contribution in [3.05, 3.63) is 29.3 Å². The van der Waals surface area contributed by atoms with Gasteiger partial charge in [0.15, 0.2) is 47.4 Å². The Bertz CT molecular complexity index is 1950. The van der Waals surface area contributed by atoms with Gasteiger partial charge in [-0.1, -0.05) is 11.8 Å². The van der Waals surface area contributed by atoms with Crippen LogP contribution in [-0.2, 0) is 43.9 Å². The monoisotopic (exact) mass is 687 g/mol. The molecule has 0 spiro atoms. The van der Waals surface area contributed by atoms with Crippen LogP contribution in [0.25, 0.3) is 22.3 Å². The molecule has 2 radical (unpaired) electrons. The summed E-state index contributed by atoms with van der Waals surface area (Å²) in [5.41, 5.74) is 10.7. The summed E-state index contributed by atoms with van der Waals surface area (Å²) in [6.45, 7) is -6.06. The first-order chi connectivity index (χ1) is 21.3. The first-order valence-electron chi connectivity index (χ1n) is 12.9. The van der Waals surface area contributed by atoms with Crippen molar-refractivity contribution in [2.24, 2.45) is 0 Å². The molecule has 3 fully saturated rings. The highest BCUT2D eigenvalue weighted by Gasteiger charge is 2.53. The fourth-order valence-electron chi connectivity index (χ4n) is 5.26. The summed E-state index contributed by atoms with van der Waals surface area (Å²) in [7, 11) is 1.16. The van der Waals surface area contributed by atoms with Crippen LogP contribution >= 0.6 is 14.2 Å². The summed E-state index contributed by atoms with van der Waals surface area (Å²) in [4.78, 5) is 47.6. The topological polar surface area (TPSA) is 255 Å². The van der Waals surface area contributed by atoms with E-state index in [1.165, 1.54) is 10.9 Å². The highest BCUT2D eigenvalue weighted by Crippen LogP contribution is 2.53. The smallest absolute Gasteiger partial charge is 0.280 e. The summed E-state index contributed by atoms with van der Waals surface area (Å²) in [6.07, 6.45) is -10.3. The fourth-order valence-corrected chi connectivity index (χ4v) is 7.69. The number of anilines is 2. The molecule has 0 aliphatic carbocycles. The van der Waals surface area contributed by atoms with Crippen LogP contribution in [0.3, 0.4) is 0 Å². The highest BCUT2D eigenvalue weighted by molar-refractivity contribution is 8.06. The van der Waals surface area contributed by atoms with Crippen molar-refractivity contribution >= 4 is 67.7 Å². The molecule has 7 heterocycles. The lowest BCUT2D eigenvalue weighted by molar-refractivity contribution is -0.217. The molecule has 5 N–H and O–H groups in total. The third kappa shape index (κ3) is 5.45. The second-order valence-electron chi connectivity index (χ2n) is 10.1. The van der Waals surface area contributed by atoms with E-state index in [1.54, 1.807) is 0 Å². The van der Waals surface area contributed by atoms with Gasteiger partial charge in [0, 0.05) is 0 Å². The molecule has 0 aromatic carbocycles. The summed E-state index contributed by atoms with van der Waals surface area (Å²) in [5, 5.41) is 0. The maximum absolute atomic E-state index is 16.0. The number of aromatic amines is 1. The maximum atomic E-state index is 16.0. The van der Waals surface area contributed by atoms with Gasteiger partial charge in [-0.25, -0.2) is 28.7 Å². The average molecular weight is 687 g/mol. The Balaban J connectivity index is 1.17. The largest absolute Gasteiger partial charge is 0.780 e. The third-order valence-corrected chi connectivity index (χ3v) is 9.84. The molecule has 4 unspecified atom stereocenters. The zero-order chi connectivity index (χ0) is 31.8. The second-order valence-corrected chi connectivity index (χ2v) is 14.3. The van der Waals surface area contributed by atoms with Crippen molar-refractivity contribution < 1.29 is 45.8 Å². The molecular formula is C20H20BF2N10O9P2S-. The number of H-pyrrole nitrogens is 1. The lowest BCUT2D eigenvalue weighted by Crippen LogP contribution is -2.38. The average Bonchev–Trinajstić information content (AvgIpc) is 3.72. The van der Waals surface area contributed by atoms with Crippen LogP contribution in [-0.4, -0.2) is 96.6 Å². The second kappa shape index (κ2) is 11.1. The molecule has 4 aromatic rings. The number of nitrogens with two attached hydrogens (primary N) is 2. The van der Waals surface area contributed by atoms with Gasteiger partial charge in [0.1, 0.15) is 43.0 Å². The molecule has 0 amide bonds. The van der Waals surface area contributed by atoms with E-state index < -0.39 is 82.2 Å². The van der Waals surface area contributed by atoms with Gasteiger partial charge in [-0.3, -0.25) is 23.5 Å². The minimum atomic E-state index is -4.64. The van der Waals surface area contributed by atoms with Crippen molar-refractivity contribution in [3.8, 4) is 0 Å². The van der Waals surface area contributed by atoms with Crippen LogP contribution < -0.4 is 21.9 Å². The van der Waals surface area contributed by atoms with E-state index >= 15 is 8.78 Å². The number of hydrogen-bond donors (Lipinski definition) is 3. The van der Waals surface area contributed by atoms with Crippen LogP contribution in [0.5, 0.6) is 0 Å². The number of rotatable bonds is 2. The van der Waals surface area contributed by atoms with E-state index in [2.05, 4.69) is 29.9 Å². The number of nitrogens with zero attached hydrogens (tertiary/aromatic N) is 7. The molecule has 3 saturated heterocycles.